The fraction of sp³-hybridized carbons (Fsp3) is 0.391. The molecule has 0 aromatic heterocycles. The van der Waals surface area contributed by atoms with Crippen LogP contribution in [0.4, 0.5) is 11.4 Å². The number of amides is 2. The van der Waals surface area contributed by atoms with Crippen molar-refractivity contribution in [1.82, 2.24) is 4.90 Å². The Morgan fingerprint density at radius 2 is 1.83 bits per heavy atom. The van der Waals surface area contributed by atoms with Gasteiger partial charge >= 0.3 is 0 Å². The highest BCUT2D eigenvalue weighted by Crippen LogP contribution is 2.24. The van der Waals surface area contributed by atoms with Crippen molar-refractivity contribution in [3.63, 3.8) is 0 Å². The Hall–Kier alpha value is -2.86. The van der Waals surface area contributed by atoms with Gasteiger partial charge in [0.15, 0.2) is 0 Å². The van der Waals surface area contributed by atoms with Gasteiger partial charge in [-0.15, -0.1) is 0 Å². The van der Waals surface area contributed by atoms with Gasteiger partial charge in [0.2, 0.25) is 5.91 Å². The topological polar surface area (TPSA) is 70.7 Å². The van der Waals surface area contributed by atoms with Crippen LogP contribution in [0.2, 0.25) is 0 Å². The molecule has 1 saturated heterocycles. The Labute approximate surface area is 172 Å². The van der Waals surface area contributed by atoms with Crippen LogP contribution in [0.1, 0.15) is 37.0 Å². The second-order valence-electron chi connectivity index (χ2n) is 7.64. The molecule has 3 rings (SSSR count). The van der Waals surface area contributed by atoms with Crippen molar-refractivity contribution in [2.24, 2.45) is 5.92 Å². The first kappa shape index (κ1) is 20.9. The highest BCUT2D eigenvalue weighted by atomic mass is 16.5. The quantitative estimate of drug-likeness (QED) is 0.775. The summed E-state index contributed by atoms with van der Waals surface area (Å²) in [5.74, 6) is 0.971. The van der Waals surface area contributed by atoms with Crippen LogP contribution in [0.15, 0.2) is 48.5 Å². The van der Waals surface area contributed by atoms with E-state index in [1.807, 2.05) is 19.1 Å². The zero-order valence-electron chi connectivity index (χ0n) is 17.3. The number of nitrogens with one attached hydrogen (secondary N) is 2. The summed E-state index contributed by atoms with van der Waals surface area (Å²) in [5, 5.41) is 5.80. The van der Waals surface area contributed by atoms with Crippen LogP contribution in [-0.4, -0.2) is 43.0 Å². The van der Waals surface area contributed by atoms with Gasteiger partial charge in [-0.3, -0.25) is 14.5 Å². The lowest BCUT2D eigenvalue weighted by Gasteiger charge is -2.34. The molecule has 0 saturated carbocycles. The van der Waals surface area contributed by atoms with Crippen molar-refractivity contribution in [2.45, 2.75) is 32.7 Å². The van der Waals surface area contributed by atoms with Gasteiger partial charge in [0.25, 0.3) is 5.91 Å². The predicted octanol–water partition coefficient (Wildman–Crippen LogP) is 4.01. The molecule has 1 fully saturated rings. The van der Waals surface area contributed by atoms with E-state index in [-0.39, 0.29) is 17.9 Å². The first-order valence-electron chi connectivity index (χ1n) is 10.1. The molecule has 2 aromatic rings. The molecule has 0 radical (unpaired) electrons. The van der Waals surface area contributed by atoms with Crippen LogP contribution in [-0.2, 0) is 4.79 Å². The molecule has 6 heteroatoms. The summed E-state index contributed by atoms with van der Waals surface area (Å²) in [5.41, 5.74) is 1.80. The summed E-state index contributed by atoms with van der Waals surface area (Å²) in [6.07, 6.45) is 2.36. The average molecular weight is 396 g/mol. The SMILES string of the molecule is COc1ccccc1NC(=O)c1ccc(NC(=O)C(C)N2CCCC(C)C2)cc1. The maximum absolute atomic E-state index is 12.6. The fourth-order valence-corrected chi connectivity index (χ4v) is 3.64. The molecule has 2 atom stereocenters. The van der Waals surface area contributed by atoms with E-state index in [1.165, 1.54) is 6.42 Å². The lowest BCUT2D eigenvalue weighted by atomic mass is 9.99. The van der Waals surface area contributed by atoms with Crippen LogP contribution in [0.25, 0.3) is 0 Å². The summed E-state index contributed by atoms with van der Waals surface area (Å²) in [6, 6.07) is 14.0. The van der Waals surface area contributed by atoms with Crippen molar-refractivity contribution in [3.05, 3.63) is 54.1 Å². The van der Waals surface area contributed by atoms with Gasteiger partial charge in [-0.2, -0.15) is 0 Å². The van der Waals surface area contributed by atoms with Crippen molar-refractivity contribution in [1.29, 1.82) is 0 Å². The van der Waals surface area contributed by atoms with Gasteiger partial charge in [0, 0.05) is 17.8 Å². The third kappa shape index (κ3) is 5.35. The molecule has 2 unspecified atom stereocenters. The van der Waals surface area contributed by atoms with Crippen molar-refractivity contribution >= 4 is 23.2 Å². The number of ether oxygens (including phenoxy) is 1. The summed E-state index contributed by atoms with van der Waals surface area (Å²) >= 11 is 0. The molecular formula is C23H29N3O3. The number of rotatable bonds is 6. The number of nitrogens with zero attached hydrogens (tertiary/aromatic N) is 1. The molecule has 2 amide bonds. The number of para-hydroxylation sites is 2. The minimum Gasteiger partial charge on any atom is -0.495 e. The van der Waals surface area contributed by atoms with Gasteiger partial charge < -0.3 is 15.4 Å². The molecule has 2 aromatic carbocycles. The fourth-order valence-electron chi connectivity index (χ4n) is 3.64. The molecule has 1 aliphatic heterocycles. The highest BCUT2D eigenvalue weighted by Gasteiger charge is 2.25. The van der Waals surface area contributed by atoms with Crippen LogP contribution in [0.5, 0.6) is 5.75 Å². The summed E-state index contributed by atoms with van der Waals surface area (Å²) < 4.78 is 5.26. The number of piperidine rings is 1. The van der Waals surface area contributed by atoms with Gasteiger partial charge in [-0.05, 0) is 68.6 Å². The second-order valence-corrected chi connectivity index (χ2v) is 7.64. The molecule has 29 heavy (non-hydrogen) atoms. The number of likely N-dealkylation sites (tertiary alicyclic amines) is 1. The molecule has 2 N–H and O–H groups in total. The van der Waals surface area contributed by atoms with Crippen LogP contribution in [0.3, 0.4) is 0 Å². The zero-order valence-corrected chi connectivity index (χ0v) is 17.3. The molecule has 0 spiro atoms. The smallest absolute Gasteiger partial charge is 0.255 e. The average Bonchev–Trinajstić information content (AvgIpc) is 2.74. The molecule has 154 valence electrons. The standard InChI is InChI=1S/C23H29N3O3/c1-16-7-6-14-26(15-16)17(2)22(27)24-19-12-10-18(11-13-19)23(28)25-20-8-4-5-9-21(20)29-3/h4-5,8-13,16-17H,6-7,14-15H2,1-3H3,(H,24,27)(H,25,28). The normalized spacial score (nSPS) is 18.0. The molecular weight excluding hydrogens is 366 g/mol. The van der Waals surface area contributed by atoms with Crippen LogP contribution < -0.4 is 15.4 Å². The Kier molecular flexibility index (Phi) is 6.88. The minimum atomic E-state index is -0.233. The predicted molar refractivity (Wildman–Crippen MR) is 115 cm³/mol. The van der Waals surface area contributed by atoms with Gasteiger partial charge in [-0.25, -0.2) is 0 Å². The number of benzene rings is 2. The Morgan fingerprint density at radius 3 is 2.52 bits per heavy atom. The van der Waals surface area contributed by atoms with Crippen molar-refractivity contribution < 1.29 is 14.3 Å². The van der Waals surface area contributed by atoms with E-state index in [1.54, 1.807) is 43.5 Å². The molecule has 1 aliphatic rings. The molecule has 0 aliphatic carbocycles. The first-order chi connectivity index (χ1) is 14.0. The van der Waals surface area contributed by atoms with Crippen LogP contribution >= 0.6 is 0 Å². The van der Waals surface area contributed by atoms with Gasteiger partial charge in [0.05, 0.1) is 18.8 Å². The summed E-state index contributed by atoms with van der Waals surface area (Å²) in [7, 11) is 1.56. The number of hydrogen-bond acceptors (Lipinski definition) is 4. The zero-order chi connectivity index (χ0) is 20.8. The summed E-state index contributed by atoms with van der Waals surface area (Å²) in [4.78, 5) is 27.3. The second kappa shape index (κ2) is 9.56. The Morgan fingerprint density at radius 1 is 1.10 bits per heavy atom. The van der Waals surface area contributed by atoms with E-state index in [0.717, 1.165) is 19.5 Å². The largest absolute Gasteiger partial charge is 0.495 e. The summed E-state index contributed by atoms with van der Waals surface area (Å²) in [6.45, 7) is 6.09. The molecule has 6 nitrogen and oxygen atoms in total. The molecule has 0 bridgehead atoms. The van der Waals surface area contributed by atoms with E-state index in [2.05, 4.69) is 22.5 Å². The monoisotopic (exact) mass is 395 g/mol. The third-order valence-corrected chi connectivity index (χ3v) is 5.39. The number of hydrogen-bond donors (Lipinski definition) is 2. The Balaban J connectivity index is 1.59. The maximum Gasteiger partial charge on any atom is 0.255 e. The maximum atomic E-state index is 12.6. The first-order valence-corrected chi connectivity index (χ1v) is 10.1. The van der Waals surface area contributed by atoms with Crippen molar-refractivity contribution in [3.8, 4) is 5.75 Å². The van der Waals surface area contributed by atoms with Gasteiger partial charge in [-0.1, -0.05) is 19.1 Å². The Bertz CT molecular complexity index is 851. The highest BCUT2D eigenvalue weighted by molar-refractivity contribution is 6.05. The number of anilines is 2. The lowest BCUT2D eigenvalue weighted by Crippen LogP contribution is -2.46. The minimum absolute atomic E-state index is 0.0228. The van der Waals surface area contributed by atoms with E-state index >= 15 is 0 Å². The number of methoxy groups -OCH3 is 1. The lowest BCUT2D eigenvalue weighted by molar-refractivity contribution is -0.121. The van der Waals surface area contributed by atoms with Crippen molar-refractivity contribution in [2.75, 3.05) is 30.8 Å². The number of carbonyl (C=O) groups excluding carboxylic acids is 2. The van der Waals surface area contributed by atoms with E-state index in [9.17, 15) is 9.59 Å². The third-order valence-electron chi connectivity index (χ3n) is 5.39. The van der Waals surface area contributed by atoms with E-state index in [4.69, 9.17) is 4.74 Å². The van der Waals surface area contributed by atoms with E-state index < -0.39 is 0 Å². The molecule has 1 heterocycles. The van der Waals surface area contributed by atoms with Gasteiger partial charge in [0.1, 0.15) is 5.75 Å². The van der Waals surface area contributed by atoms with E-state index in [0.29, 0.717) is 28.6 Å². The number of carbonyl (C=O) groups is 2. The van der Waals surface area contributed by atoms with Crippen LogP contribution in [0, 0.1) is 5.92 Å².